The number of nitrogens with zero attached hydrogens (tertiary/aromatic N) is 1. The van der Waals surface area contributed by atoms with Crippen LogP contribution in [-0.2, 0) is 0 Å². The number of aromatic amines is 1. The van der Waals surface area contributed by atoms with Crippen molar-refractivity contribution in [2.24, 2.45) is 0 Å². The van der Waals surface area contributed by atoms with Crippen molar-refractivity contribution in [2.45, 2.75) is 50.7 Å². The van der Waals surface area contributed by atoms with Crippen LogP contribution in [0.3, 0.4) is 0 Å². The zero-order valence-corrected chi connectivity index (χ0v) is 11.2. The van der Waals surface area contributed by atoms with Crippen LogP contribution in [0.25, 0.3) is 0 Å². The highest BCUT2D eigenvalue weighted by Gasteiger charge is 2.34. The monoisotopic (exact) mass is 270 g/mol. The third kappa shape index (κ3) is 2.52. The normalized spacial score (nSPS) is 29.7. The van der Waals surface area contributed by atoms with Crippen LogP contribution in [0.2, 0.25) is 0 Å². The summed E-state index contributed by atoms with van der Waals surface area (Å²) in [6.07, 6.45) is 6.21. The van der Waals surface area contributed by atoms with Crippen LogP contribution < -0.4 is 10.6 Å². The van der Waals surface area contributed by atoms with Gasteiger partial charge in [-0.3, -0.25) is 9.89 Å². The van der Waals surface area contributed by atoms with Crippen LogP contribution in [0, 0.1) is 6.92 Å². The molecule has 100 valence electrons. The first-order valence-corrected chi connectivity index (χ1v) is 6.29. The second-order valence-electron chi connectivity index (χ2n) is 5.19. The van der Waals surface area contributed by atoms with Crippen LogP contribution in [0.5, 0.6) is 0 Å². The van der Waals surface area contributed by atoms with E-state index in [2.05, 4.69) is 20.8 Å². The summed E-state index contributed by atoms with van der Waals surface area (Å²) in [5.74, 6) is 0.00236. The van der Waals surface area contributed by atoms with Crippen LogP contribution in [-0.4, -0.2) is 34.2 Å². The van der Waals surface area contributed by atoms with Crippen molar-refractivity contribution in [3.05, 3.63) is 17.5 Å². The van der Waals surface area contributed by atoms with Crippen molar-refractivity contribution in [2.75, 3.05) is 0 Å². The molecule has 0 spiro atoms. The van der Waals surface area contributed by atoms with Gasteiger partial charge in [0.1, 0.15) is 0 Å². The maximum Gasteiger partial charge on any atom is 0.254 e. The third-order valence-electron chi connectivity index (χ3n) is 3.88. The van der Waals surface area contributed by atoms with E-state index in [0.717, 1.165) is 18.5 Å². The fraction of sp³-hybridized carbons (Fsp3) is 0.667. The molecular formula is C12H19ClN4O. The Bertz CT molecular complexity index is 421. The average Bonchev–Trinajstić information content (AvgIpc) is 2.85. The minimum absolute atomic E-state index is 0. The van der Waals surface area contributed by atoms with Crippen molar-refractivity contribution in [1.82, 2.24) is 20.8 Å². The van der Waals surface area contributed by atoms with E-state index in [-0.39, 0.29) is 18.3 Å². The van der Waals surface area contributed by atoms with Crippen molar-refractivity contribution in [3.8, 4) is 0 Å². The summed E-state index contributed by atoms with van der Waals surface area (Å²) >= 11 is 0. The molecule has 2 aliphatic heterocycles. The number of halogens is 1. The molecule has 1 aromatic rings. The topological polar surface area (TPSA) is 69.8 Å². The summed E-state index contributed by atoms with van der Waals surface area (Å²) in [6.45, 7) is 1.87. The highest BCUT2D eigenvalue weighted by molar-refractivity contribution is 5.95. The first-order chi connectivity index (χ1) is 8.22. The van der Waals surface area contributed by atoms with Crippen LogP contribution in [0.15, 0.2) is 6.20 Å². The number of rotatable bonds is 2. The van der Waals surface area contributed by atoms with Crippen molar-refractivity contribution in [1.29, 1.82) is 0 Å². The molecule has 2 aliphatic rings. The molecule has 0 aromatic carbocycles. The quantitative estimate of drug-likeness (QED) is 0.755. The number of hydrogen-bond acceptors (Lipinski definition) is 3. The lowest BCUT2D eigenvalue weighted by molar-refractivity contribution is 0.0923. The molecule has 0 saturated carbocycles. The maximum absolute atomic E-state index is 12.0. The molecule has 0 radical (unpaired) electrons. The number of aryl methyl sites for hydroxylation is 1. The fourth-order valence-corrected chi connectivity index (χ4v) is 3.02. The number of H-pyrrole nitrogens is 1. The molecule has 1 aromatic heterocycles. The molecule has 3 N–H and O–H groups in total. The number of carbonyl (C=O) groups excluding carboxylic acids is 1. The van der Waals surface area contributed by atoms with Crippen molar-refractivity contribution in [3.63, 3.8) is 0 Å². The van der Waals surface area contributed by atoms with Gasteiger partial charge in [-0.25, -0.2) is 0 Å². The van der Waals surface area contributed by atoms with Gasteiger partial charge in [-0.05, 0) is 32.6 Å². The Labute approximate surface area is 113 Å². The summed E-state index contributed by atoms with van der Waals surface area (Å²) in [5.41, 5.74) is 1.50. The first kappa shape index (κ1) is 13.4. The van der Waals surface area contributed by atoms with Gasteiger partial charge in [-0.15, -0.1) is 12.4 Å². The number of carbonyl (C=O) groups is 1. The molecule has 0 aliphatic carbocycles. The Balaban J connectivity index is 0.00000120. The number of fused-ring (bicyclic) bond motifs is 2. The van der Waals surface area contributed by atoms with Gasteiger partial charge in [0.25, 0.3) is 5.91 Å². The zero-order valence-electron chi connectivity index (χ0n) is 10.4. The van der Waals surface area contributed by atoms with Gasteiger partial charge in [-0.1, -0.05) is 0 Å². The lowest BCUT2D eigenvalue weighted by Crippen LogP contribution is -2.48. The van der Waals surface area contributed by atoms with E-state index in [1.807, 2.05) is 6.92 Å². The second kappa shape index (κ2) is 5.28. The molecule has 6 heteroatoms. The number of hydrogen-bond donors (Lipinski definition) is 3. The molecule has 3 rings (SSSR count). The summed E-state index contributed by atoms with van der Waals surface area (Å²) in [7, 11) is 0. The Hall–Kier alpha value is -1.07. The minimum atomic E-state index is 0. The smallest absolute Gasteiger partial charge is 0.254 e. The molecule has 5 nitrogen and oxygen atoms in total. The van der Waals surface area contributed by atoms with E-state index >= 15 is 0 Å². The van der Waals surface area contributed by atoms with E-state index in [0.29, 0.717) is 23.7 Å². The molecule has 1 amide bonds. The van der Waals surface area contributed by atoms with Crippen LogP contribution in [0.4, 0.5) is 0 Å². The second-order valence-corrected chi connectivity index (χ2v) is 5.19. The van der Waals surface area contributed by atoms with Crippen molar-refractivity contribution < 1.29 is 4.79 Å². The van der Waals surface area contributed by atoms with E-state index < -0.39 is 0 Å². The van der Waals surface area contributed by atoms with E-state index in [9.17, 15) is 4.79 Å². The number of nitrogens with one attached hydrogen (secondary N) is 3. The van der Waals surface area contributed by atoms with E-state index in [4.69, 9.17) is 0 Å². The minimum Gasteiger partial charge on any atom is -0.349 e. The van der Waals surface area contributed by atoms with Gasteiger partial charge in [0.15, 0.2) is 0 Å². The predicted octanol–water partition coefficient (Wildman–Crippen LogP) is 1.15. The summed E-state index contributed by atoms with van der Waals surface area (Å²) in [5, 5.41) is 13.4. The van der Waals surface area contributed by atoms with Gasteiger partial charge >= 0.3 is 0 Å². The SMILES string of the molecule is Cc1[nH]ncc1C(=O)NC1CC2CCC(C1)N2.Cl. The van der Waals surface area contributed by atoms with Crippen molar-refractivity contribution >= 4 is 18.3 Å². The summed E-state index contributed by atoms with van der Waals surface area (Å²) < 4.78 is 0. The largest absolute Gasteiger partial charge is 0.349 e. The zero-order chi connectivity index (χ0) is 11.8. The van der Waals surface area contributed by atoms with Gasteiger partial charge in [0.05, 0.1) is 11.8 Å². The molecular weight excluding hydrogens is 252 g/mol. The fourth-order valence-electron chi connectivity index (χ4n) is 3.02. The van der Waals surface area contributed by atoms with E-state index in [1.54, 1.807) is 6.20 Å². The Morgan fingerprint density at radius 2 is 2.06 bits per heavy atom. The summed E-state index contributed by atoms with van der Waals surface area (Å²) in [6, 6.07) is 1.52. The standard InChI is InChI=1S/C12H18N4O.ClH/c1-7-11(6-13-16-7)12(17)15-10-4-8-2-3-9(5-10)14-8;/h6,8-10,14H,2-5H2,1H3,(H,13,16)(H,15,17);1H. The number of amides is 1. The highest BCUT2D eigenvalue weighted by atomic mass is 35.5. The first-order valence-electron chi connectivity index (χ1n) is 6.29. The third-order valence-corrected chi connectivity index (χ3v) is 3.88. The van der Waals surface area contributed by atoms with Crippen LogP contribution in [0.1, 0.15) is 41.7 Å². The Morgan fingerprint density at radius 1 is 1.39 bits per heavy atom. The maximum atomic E-state index is 12.0. The molecule has 2 unspecified atom stereocenters. The Kier molecular flexibility index (Phi) is 3.92. The van der Waals surface area contributed by atoms with E-state index in [1.165, 1.54) is 12.8 Å². The number of aromatic nitrogens is 2. The lowest BCUT2D eigenvalue weighted by Gasteiger charge is -2.29. The molecule has 2 fully saturated rings. The van der Waals surface area contributed by atoms with Crippen LogP contribution >= 0.6 is 12.4 Å². The summed E-state index contributed by atoms with van der Waals surface area (Å²) in [4.78, 5) is 12.0. The Morgan fingerprint density at radius 3 is 2.61 bits per heavy atom. The molecule has 18 heavy (non-hydrogen) atoms. The molecule has 2 saturated heterocycles. The average molecular weight is 271 g/mol. The number of piperidine rings is 1. The predicted molar refractivity (Wildman–Crippen MR) is 71.0 cm³/mol. The van der Waals surface area contributed by atoms with Gasteiger partial charge in [-0.2, -0.15) is 5.10 Å². The van der Waals surface area contributed by atoms with Gasteiger partial charge in [0, 0.05) is 23.8 Å². The highest BCUT2D eigenvalue weighted by Crippen LogP contribution is 2.26. The van der Waals surface area contributed by atoms with Gasteiger partial charge in [0.2, 0.25) is 0 Å². The van der Waals surface area contributed by atoms with Gasteiger partial charge < -0.3 is 10.6 Å². The lowest BCUT2D eigenvalue weighted by atomic mass is 9.99. The molecule has 2 bridgehead atoms. The molecule has 3 heterocycles. The molecule has 2 atom stereocenters.